The van der Waals surface area contributed by atoms with E-state index in [0.29, 0.717) is 18.5 Å². The van der Waals surface area contributed by atoms with Crippen LogP contribution in [0.1, 0.15) is 11.3 Å². The molecule has 0 fully saturated rings. The molecule has 2 aromatic heterocycles. The summed E-state index contributed by atoms with van der Waals surface area (Å²) in [4.78, 5) is 20.8. The van der Waals surface area contributed by atoms with Gasteiger partial charge >= 0.3 is 0 Å². The van der Waals surface area contributed by atoms with Crippen molar-refractivity contribution in [2.24, 2.45) is 0 Å². The third-order valence-electron chi connectivity index (χ3n) is 3.42. The van der Waals surface area contributed by atoms with Gasteiger partial charge in [-0.15, -0.1) is 11.3 Å². The number of hydrogen-bond donors (Lipinski definition) is 2. The molecule has 9 heteroatoms. The largest absolute Gasteiger partial charge is 0.326 e. The van der Waals surface area contributed by atoms with Crippen LogP contribution in [0.25, 0.3) is 0 Å². The summed E-state index contributed by atoms with van der Waals surface area (Å²) >= 11 is 1.61. The molecule has 0 atom stereocenters. The Morgan fingerprint density at radius 3 is 2.42 bits per heavy atom. The van der Waals surface area contributed by atoms with Gasteiger partial charge in [0, 0.05) is 29.4 Å². The number of benzene rings is 1. The fraction of sp³-hybridized carbons (Fsp3) is 0.118. The van der Waals surface area contributed by atoms with Crippen molar-refractivity contribution >= 4 is 38.9 Å². The highest BCUT2D eigenvalue weighted by Crippen LogP contribution is 2.17. The number of hydrogen-bond acceptors (Lipinski definition) is 6. The van der Waals surface area contributed by atoms with Crippen molar-refractivity contribution in [2.75, 3.05) is 10.0 Å². The van der Waals surface area contributed by atoms with Crippen LogP contribution in [0.2, 0.25) is 0 Å². The Bertz CT molecular complexity index is 957. The van der Waals surface area contributed by atoms with Gasteiger partial charge in [-0.2, -0.15) is 0 Å². The van der Waals surface area contributed by atoms with Gasteiger partial charge in [-0.05, 0) is 48.2 Å². The molecule has 0 spiro atoms. The third-order valence-corrected chi connectivity index (χ3v) is 5.70. The van der Waals surface area contributed by atoms with Crippen molar-refractivity contribution in [3.63, 3.8) is 0 Å². The maximum absolute atomic E-state index is 12.3. The number of aryl methyl sites for hydroxylation is 1. The van der Waals surface area contributed by atoms with Crippen molar-refractivity contribution < 1.29 is 13.2 Å². The van der Waals surface area contributed by atoms with Crippen molar-refractivity contribution in [3.05, 3.63) is 65.1 Å². The molecule has 0 aliphatic carbocycles. The molecule has 3 aromatic rings. The molecule has 2 N–H and O–H groups in total. The first kappa shape index (κ1) is 18.0. The second-order valence-corrected chi connectivity index (χ2v) is 8.04. The van der Waals surface area contributed by atoms with E-state index < -0.39 is 10.0 Å². The van der Waals surface area contributed by atoms with Crippen LogP contribution in [-0.2, 0) is 21.2 Å². The Hall–Kier alpha value is -2.78. The lowest BCUT2D eigenvalue weighted by Gasteiger charge is -2.08. The van der Waals surface area contributed by atoms with Gasteiger partial charge in [-0.25, -0.2) is 23.1 Å². The highest BCUT2D eigenvalue weighted by atomic mass is 32.2. The zero-order valence-corrected chi connectivity index (χ0v) is 15.3. The minimum absolute atomic E-state index is 0.00143. The van der Waals surface area contributed by atoms with Crippen LogP contribution in [0.15, 0.2) is 65.1 Å². The number of aromatic nitrogens is 2. The molecular weight excluding hydrogens is 372 g/mol. The normalized spacial score (nSPS) is 11.1. The Morgan fingerprint density at radius 1 is 1.04 bits per heavy atom. The summed E-state index contributed by atoms with van der Waals surface area (Å²) in [6.45, 7) is 0. The Labute approximate surface area is 155 Å². The van der Waals surface area contributed by atoms with Crippen LogP contribution in [-0.4, -0.2) is 24.3 Å². The first-order valence-corrected chi connectivity index (χ1v) is 10.1. The van der Waals surface area contributed by atoms with Crippen molar-refractivity contribution in [2.45, 2.75) is 17.7 Å². The Morgan fingerprint density at radius 2 is 1.77 bits per heavy atom. The fourth-order valence-electron chi connectivity index (χ4n) is 2.16. The van der Waals surface area contributed by atoms with Crippen LogP contribution in [0.4, 0.5) is 11.6 Å². The molecule has 0 unspecified atom stereocenters. The predicted molar refractivity (Wildman–Crippen MR) is 101 cm³/mol. The maximum atomic E-state index is 12.3. The molecule has 0 aliphatic heterocycles. The summed E-state index contributed by atoms with van der Waals surface area (Å²) in [5.41, 5.74) is 0.538. The van der Waals surface area contributed by atoms with Gasteiger partial charge in [-0.1, -0.05) is 6.07 Å². The van der Waals surface area contributed by atoms with Crippen LogP contribution in [0.3, 0.4) is 0 Å². The van der Waals surface area contributed by atoms with E-state index in [1.165, 1.54) is 24.5 Å². The number of carbonyl (C=O) groups excluding carboxylic acids is 1. The number of sulfonamides is 1. The zero-order valence-electron chi connectivity index (χ0n) is 13.6. The molecule has 26 heavy (non-hydrogen) atoms. The lowest BCUT2D eigenvalue weighted by Crippen LogP contribution is -2.15. The Kier molecular flexibility index (Phi) is 5.59. The summed E-state index contributed by atoms with van der Waals surface area (Å²) in [7, 11) is -3.78. The summed E-state index contributed by atoms with van der Waals surface area (Å²) in [5, 5.41) is 4.73. The van der Waals surface area contributed by atoms with E-state index in [-0.39, 0.29) is 16.8 Å². The number of amides is 1. The minimum Gasteiger partial charge on any atom is -0.326 e. The van der Waals surface area contributed by atoms with Gasteiger partial charge in [0.25, 0.3) is 10.0 Å². The van der Waals surface area contributed by atoms with E-state index in [2.05, 4.69) is 20.0 Å². The average Bonchev–Trinajstić information content (AvgIpc) is 3.14. The molecule has 7 nitrogen and oxygen atoms in total. The number of carbonyl (C=O) groups is 1. The van der Waals surface area contributed by atoms with Crippen molar-refractivity contribution in [3.8, 4) is 0 Å². The minimum atomic E-state index is -3.78. The monoisotopic (exact) mass is 388 g/mol. The van der Waals surface area contributed by atoms with E-state index in [0.717, 1.165) is 4.88 Å². The average molecular weight is 388 g/mol. The van der Waals surface area contributed by atoms with E-state index in [1.807, 2.05) is 17.5 Å². The van der Waals surface area contributed by atoms with Crippen molar-refractivity contribution in [1.82, 2.24) is 9.97 Å². The van der Waals surface area contributed by atoms with E-state index in [9.17, 15) is 13.2 Å². The highest BCUT2D eigenvalue weighted by Gasteiger charge is 2.15. The molecule has 134 valence electrons. The molecule has 0 bridgehead atoms. The van der Waals surface area contributed by atoms with Crippen LogP contribution in [0.5, 0.6) is 0 Å². The lowest BCUT2D eigenvalue weighted by atomic mass is 10.2. The molecule has 0 radical (unpaired) electrons. The number of anilines is 2. The predicted octanol–water partition coefficient (Wildman–Crippen LogP) is 2.91. The first-order valence-electron chi connectivity index (χ1n) is 7.75. The summed E-state index contributed by atoms with van der Waals surface area (Å²) in [6, 6.07) is 11.5. The van der Waals surface area contributed by atoms with Gasteiger partial charge in [-0.3, -0.25) is 4.79 Å². The van der Waals surface area contributed by atoms with Gasteiger partial charge < -0.3 is 5.32 Å². The number of nitrogens with one attached hydrogen (secondary N) is 2. The topological polar surface area (TPSA) is 101 Å². The highest BCUT2D eigenvalue weighted by molar-refractivity contribution is 7.92. The number of thiophene rings is 1. The van der Waals surface area contributed by atoms with Gasteiger partial charge in [0.1, 0.15) is 0 Å². The van der Waals surface area contributed by atoms with Crippen LogP contribution < -0.4 is 10.0 Å². The fourth-order valence-corrected chi connectivity index (χ4v) is 3.83. The second-order valence-electron chi connectivity index (χ2n) is 5.33. The molecule has 1 amide bonds. The van der Waals surface area contributed by atoms with Crippen molar-refractivity contribution in [1.29, 1.82) is 0 Å². The second kappa shape index (κ2) is 8.07. The molecule has 0 aliphatic rings. The lowest BCUT2D eigenvalue weighted by molar-refractivity contribution is -0.116. The Balaban J connectivity index is 1.59. The van der Waals surface area contributed by atoms with Gasteiger partial charge in [0.05, 0.1) is 4.90 Å². The van der Waals surface area contributed by atoms with Gasteiger partial charge in [0.2, 0.25) is 11.9 Å². The molecule has 0 saturated heterocycles. The van der Waals surface area contributed by atoms with Gasteiger partial charge in [0.15, 0.2) is 0 Å². The SMILES string of the molecule is O=C(CCc1cccs1)Nc1ccc(S(=O)(=O)Nc2ncccn2)cc1. The smallest absolute Gasteiger partial charge is 0.264 e. The zero-order chi connectivity index (χ0) is 18.4. The van der Waals surface area contributed by atoms with E-state index in [4.69, 9.17) is 0 Å². The molecule has 1 aromatic carbocycles. The number of nitrogens with zero attached hydrogens (tertiary/aromatic N) is 2. The van der Waals surface area contributed by atoms with E-state index >= 15 is 0 Å². The summed E-state index contributed by atoms with van der Waals surface area (Å²) < 4.78 is 26.9. The summed E-state index contributed by atoms with van der Waals surface area (Å²) in [5.74, 6) is -0.122. The molecule has 2 heterocycles. The van der Waals surface area contributed by atoms with Crippen LogP contribution >= 0.6 is 11.3 Å². The van der Waals surface area contributed by atoms with Crippen LogP contribution in [0, 0.1) is 0 Å². The van der Waals surface area contributed by atoms with E-state index in [1.54, 1.807) is 29.5 Å². The summed E-state index contributed by atoms with van der Waals surface area (Å²) in [6.07, 6.45) is 3.93. The standard InChI is InChI=1S/C17H16N4O3S2/c22-16(9-6-14-3-1-12-25-14)20-13-4-7-15(8-5-13)26(23,24)21-17-18-10-2-11-19-17/h1-5,7-8,10-12H,6,9H2,(H,20,22)(H,18,19,21). The molecule has 3 rings (SSSR count). The maximum Gasteiger partial charge on any atom is 0.264 e. The first-order chi connectivity index (χ1) is 12.5. The molecular formula is C17H16N4O3S2. The third kappa shape index (κ3) is 4.87. The number of rotatable bonds is 7. The quantitative estimate of drug-likeness (QED) is 0.648. The molecule has 0 saturated carbocycles.